The van der Waals surface area contributed by atoms with Gasteiger partial charge < -0.3 is 23.7 Å². The minimum atomic E-state index is -0.578. The molecule has 1 aliphatic rings. The number of carbonyl (C=O) groups excluding carboxylic acids is 1. The fourth-order valence-corrected chi connectivity index (χ4v) is 5.07. The molecule has 3 aromatic carbocycles. The maximum atomic E-state index is 14.0. The highest BCUT2D eigenvalue weighted by molar-refractivity contribution is 6.06. The van der Waals surface area contributed by atoms with Crippen molar-refractivity contribution in [2.45, 2.75) is 25.8 Å². The van der Waals surface area contributed by atoms with Crippen LogP contribution in [0.3, 0.4) is 0 Å². The minimum absolute atomic E-state index is 0.119. The monoisotopic (exact) mass is 500 g/mol. The average molecular weight is 501 g/mol. The summed E-state index contributed by atoms with van der Waals surface area (Å²) in [6.45, 7) is 3.91. The summed E-state index contributed by atoms with van der Waals surface area (Å²) in [5.74, 6) is 1.05. The van der Waals surface area contributed by atoms with Gasteiger partial charge in [-0.15, -0.1) is 0 Å². The van der Waals surface area contributed by atoms with Crippen molar-refractivity contribution in [3.05, 3.63) is 81.7 Å². The van der Waals surface area contributed by atoms with E-state index in [4.69, 9.17) is 13.9 Å². The molecule has 1 amide bonds. The summed E-state index contributed by atoms with van der Waals surface area (Å²) in [6.07, 6.45) is 1.63. The fourth-order valence-electron chi connectivity index (χ4n) is 5.07. The van der Waals surface area contributed by atoms with Gasteiger partial charge in [-0.05, 0) is 62.6 Å². The lowest BCUT2D eigenvalue weighted by atomic mass is 9.97. The predicted octanol–water partition coefficient (Wildman–Crippen LogP) is 5.24. The molecule has 1 aliphatic heterocycles. The minimum Gasteiger partial charge on any atom is -0.493 e. The number of amides is 1. The van der Waals surface area contributed by atoms with Gasteiger partial charge in [-0.1, -0.05) is 43.3 Å². The summed E-state index contributed by atoms with van der Waals surface area (Å²) in [7, 11) is 5.59. The van der Waals surface area contributed by atoms with Crippen LogP contribution in [0.2, 0.25) is 0 Å². The number of carbonyl (C=O) groups is 1. The van der Waals surface area contributed by atoms with Gasteiger partial charge in [0.25, 0.3) is 5.91 Å². The third-order valence-corrected chi connectivity index (χ3v) is 6.83. The second-order valence-electron chi connectivity index (χ2n) is 9.65. The van der Waals surface area contributed by atoms with Gasteiger partial charge in [0, 0.05) is 11.9 Å². The Bertz CT molecular complexity index is 1520. The highest BCUT2D eigenvalue weighted by Crippen LogP contribution is 2.41. The Kier molecular flexibility index (Phi) is 6.89. The largest absolute Gasteiger partial charge is 0.493 e. The van der Waals surface area contributed by atoms with E-state index in [1.165, 1.54) is 0 Å². The van der Waals surface area contributed by atoms with Crippen molar-refractivity contribution >= 4 is 27.6 Å². The molecule has 1 atom stereocenters. The molecule has 1 aromatic heterocycles. The molecule has 37 heavy (non-hydrogen) atoms. The van der Waals surface area contributed by atoms with E-state index in [0.717, 1.165) is 35.7 Å². The number of nitrogens with zero attached hydrogens (tertiary/aromatic N) is 2. The number of methoxy groups -OCH3 is 1. The summed E-state index contributed by atoms with van der Waals surface area (Å²) in [6, 6.07) is 16.5. The molecule has 192 valence electrons. The number of hydrogen-bond acceptors (Lipinski definition) is 6. The van der Waals surface area contributed by atoms with Crippen LogP contribution < -0.4 is 14.9 Å². The van der Waals surface area contributed by atoms with Crippen LogP contribution in [0.25, 0.3) is 21.7 Å². The van der Waals surface area contributed by atoms with E-state index in [9.17, 15) is 9.59 Å². The van der Waals surface area contributed by atoms with E-state index < -0.39 is 6.04 Å². The van der Waals surface area contributed by atoms with Crippen LogP contribution in [-0.4, -0.2) is 56.6 Å². The number of fused-ring (bicyclic) bond motifs is 4. The Labute approximate surface area is 216 Å². The number of hydrogen-bond donors (Lipinski definition) is 0. The average Bonchev–Trinajstić information content (AvgIpc) is 3.18. The van der Waals surface area contributed by atoms with Crippen molar-refractivity contribution in [2.24, 2.45) is 0 Å². The fraction of sp³-hybridized carbons (Fsp3) is 0.333. The molecule has 7 heteroatoms. The van der Waals surface area contributed by atoms with Crippen molar-refractivity contribution in [1.82, 2.24) is 9.80 Å². The number of rotatable bonds is 9. The van der Waals surface area contributed by atoms with Crippen LogP contribution in [0, 0.1) is 0 Å². The molecular formula is C30H32N2O5. The molecule has 0 saturated carbocycles. The predicted molar refractivity (Wildman–Crippen MR) is 145 cm³/mol. The molecule has 5 rings (SSSR count). The first-order valence-corrected chi connectivity index (χ1v) is 12.7. The van der Waals surface area contributed by atoms with Crippen LogP contribution in [0.5, 0.6) is 11.5 Å². The quantitative estimate of drug-likeness (QED) is 0.293. The molecule has 2 heterocycles. The summed E-state index contributed by atoms with van der Waals surface area (Å²) in [4.78, 5) is 31.6. The standard InChI is InChI=1S/C30H32N2O5/c1-5-17-36-23-14-12-20(18-24(23)35-4)26-25-27(33)22-13-11-19-9-6-7-10-21(19)28(22)37-29(25)30(34)32(26)16-8-15-31(2)3/h6-7,9-14,18,26H,5,8,15-17H2,1-4H3. The second kappa shape index (κ2) is 10.3. The summed E-state index contributed by atoms with van der Waals surface area (Å²) >= 11 is 0. The molecule has 0 bridgehead atoms. The van der Waals surface area contributed by atoms with E-state index in [0.29, 0.717) is 41.2 Å². The second-order valence-corrected chi connectivity index (χ2v) is 9.65. The van der Waals surface area contributed by atoms with Gasteiger partial charge in [0.15, 0.2) is 16.9 Å². The van der Waals surface area contributed by atoms with E-state index in [-0.39, 0.29) is 17.1 Å². The van der Waals surface area contributed by atoms with Crippen LogP contribution in [0.4, 0.5) is 0 Å². The van der Waals surface area contributed by atoms with E-state index in [1.54, 1.807) is 18.1 Å². The molecule has 0 N–H and O–H groups in total. The molecule has 0 fully saturated rings. The number of benzene rings is 3. The van der Waals surface area contributed by atoms with Gasteiger partial charge in [0.2, 0.25) is 5.76 Å². The van der Waals surface area contributed by atoms with Gasteiger partial charge >= 0.3 is 0 Å². The zero-order valence-electron chi connectivity index (χ0n) is 21.7. The Morgan fingerprint density at radius 3 is 2.57 bits per heavy atom. The maximum Gasteiger partial charge on any atom is 0.290 e. The molecule has 1 unspecified atom stereocenters. The zero-order valence-corrected chi connectivity index (χ0v) is 21.7. The highest BCUT2D eigenvalue weighted by atomic mass is 16.5. The first-order chi connectivity index (χ1) is 17.9. The van der Waals surface area contributed by atoms with Crippen LogP contribution >= 0.6 is 0 Å². The van der Waals surface area contributed by atoms with Gasteiger partial charge in [-0.2, -0.15) is 0 Å². The van der Waals surface area contributed by atoms with Crippen LogP contribution in [0.1, 0.15) is 47.5 Å². The number of ether oxygens (including phenoxy) is 2. The Morgan fingerprint density at radius 1 is 1.00 bits per heavy atom. The Hall–Kier alpha value is -3.84. The third kappa shape index (κ3) is 4.44. The molecule has 0 aliphatic carbocycles. The maximum absolute atomic E-state index is 14.0. The molecule has 0 saturated heterocycles. The van der Waals surface area contributed by atoms with Crippen molar-refractivity contribution in [3.8, 4) is 11.5 Å². The lowest BCUT2D eigenvalue weighted by Crippen LogP contribution is -2.32. The SMILES string of the molecule is CCCOc1ccc(C2c3c(oc4c(ccc5ccccc54)c3=O)C(=O)N2CCCN(C)C)cc1OC. The topological polar surface area (TPSA) is 72.2 Å². The Balaban J connectivity index is 1.68. The first kappa shape index (κ1) is 24.8. The van der Waals surface area contributed by atoms with Crippen molar-refractivity contribution in [1.29, 1.82) is 0 Å². The molecule has 7 nitrogen and oxygen atoms in total. The van der Waals surface area contributed by atoms with Crippen molar-refractivity contribution in [2.75, 3.05) is 40.9 Å². The van der Waals surface area contributed by atoms with Crippen LogP contribution in [0.15, 0.2) is 63.8 Å². The summed E-state index contributed by atoms with van der Waals surface area (Å²) in [5, 5.41) is 2.24. The van der Waals surface area contributed by atoms with E-state index in [2.05, 4.69) is 4.90 Å². The molecular weight excluding hydrogens is 468 g/mol. The highest BCUT2D eigenvalue weighted by Gasteiger charge is 2.42. The summed E-state index contributed by atoms with van der Waals surface area (Å²) < 4.78 is 17.7. The molecule has 0 radical (unpaired) electrons. The van der Waals surface area contributed by atoms with Gasteiger partial charge in [-0.3, -0.25) is 9.59 Å². The van der Waals surface area contributed by atoms with E-state index >= 15 is 0 Å². The zero-order chi connectivity index (χ0) is 26.1. The third-order valence-electron chi connectivity index (χ3n) is 6.83. The summed E-state index contributed by atoms with van der Waals surface area (Å²) in [5.41, 5.74) is 1.43. The normalized spacial score (nSPS) is 15.1. The molecule has 0 spiro atoms. The lowest BCUT2D eigenvalue weighted by molar-refractivity contribution is 0.0722. The Morgan fingerprint density at radius 2 is 1.81 bits per heavy atom. The lowest BCUT2D eigenvalue weighted by Gasteiger charge is -2.26. The smallest absolute Gasteiger partial charge is 0.290 e. The molecule has 4 aromatic rings. The first-order valence-electron chi connectivity index (χ1n) is 12.7. The van der Waals surface area contributed by atoms with Gasteiger partial charge in [0.05, 0.1) is 30.7 Å². The van der Waals surface area contributed by atoms with Crippen LogP contribution in [-0.2, 0) is 0 Å². The van der Waals surface area contributed by atoms with E-state index in [1.807, 2.05) is 69.6 Å². The van der Waals surface area contributed by atoms with Crippen molar-refractivity contribution < 1.29 is 18.7 Å². The van der Waals surface area contributed by atoms with Crippen molar-refractivity contribution in [3.63, 3.8) is 0 Å². The van der Waals surface area contributed by atoms with Gasteiger partial charge in [-0.25, -0.2) is 0 Å². The van der Waals surface area contributed by atoms with Gasteiger partial charge in [0.1, 0.15) is 5.58 Å².